The first-order valence-electron chi connectivity index (χ1n) is 13.0. The van der Waals surface area contributed by atoms with Gasteiger partial charge in [-0.1, -0.05) is 41.5 Å². The molecule has 4 rings (SSSR count). The fourth-order valence-electron chi connectivity index (χ4n) is 4.48. The van der Waals surface area contributed by atoms with Gasteiger partial charge in [-0.2, -0.15) is 0 Å². The third-order valence-corrected chi connectivity index (χ3v) is 11.4. The molecule has 1 aromatic carbocycles. The van der Waals surface area contributed by atoms with Crippen molar-refractivity contribution in [3.05, 3.63) is 33.4 Å². The van der Waals surface area contributed by atoms with Gasteiger partial charge in [-0.3, -0.25) is 0 Å². The van der Waals surface area contributed by atoms with Crippen molar-refractivity contribution in [2.45, 2.75) is 80.8 Å². The molecule has 3 aliphatic rings. The smallest absolute Gasteiger partial charge is 0.175 e. The Labute approximate surface area is 222 Å². The van der Waals surface area contributed by atoms with Crippen molar-refractivity contribution in [3.8, 4) is 0 Å². The largest absolute Gasteiger partial charge is 0.333 e. The van der Waals surface area contributed by atoms with Crippen molar-refractivity contribution in [3.63, 3.8) is 0 Å². The van der Waals surface area contributed by atoms with Crippen molar-refractivity contribution in [2.24, 2.45) is 16.2 Å². The van der Waals surface area contributed by atoms with Gasteiger partial charge in [-0.05, 0) is 54.2 Å². The van der Waals surface area contributed by atoms with E-state index in [1.807, 2.05) is 0 Å². The van der Waals surface area contributed by atoms with Crippen LogP contribution in [0.15, 0.2) is 0 Å². The molecule has 0 aromatic heterocycles. The standard InChI is InChI=1S/C27H45O6P3/c1-19-22(10-34-28-13-25(4,5)14-29-34)20(2)24(12-36-32-17-27(8,9)18-33-36)21(3)23(19)11-35-30-15-26(6,7)16-31-35/h10-18H2,1-9H3. The molecule has 3 aliphatic heterocycles. The molecule has 3 fully saturated rings. The van der Waals surface area contributed by atoms with Crippen LogP contribution >= 0.6 is 25.1 Å². The summed E-state index contributed by atoms with van der Waals surface area (Å²) in [5.74, 6) is 0. The molecule has 0 aliphatic carbocycles. The van der Waals surface area contributed by atoms with Crippen LogP contribution in [0.4, 0.5) is 0 Å². The summed E-state index contributed by atoms with van der Waals surface area (Å²) in [4.78, 5) is 0. The second-order valence-corrected chi connectivity index (χ2v) is 17.4. The highest BCUT2D eigenvalue weighted by Gasteiger charge is 2.34. The summed E-state index contributed by atoms with van der Waals surface area (Å²) in [7, 11) is -2.86. The lowest BCUT2D eigenvalue weighted by molar-refractivity contribution is 0.0611. The van der Waals surface area contributed by atoms with Gasteiger partial charge in [-0.15, -0.1) is 0 Å². The Morgan fingerprint density at radius 3 is 0.833 bits per heavy atom. The van der Waals surface area contributed by atoms with Crippen LogP contribution in [0, 0.1) is 37.0 Å². The van der Waals surface area contributed by atoms with E-state index in [0.29, 0.717) is 0 Å². The zero-order chi connectivity index (χ0) is 26.3. The van der Waals surface area contributed by atoms with Gasteiger partial charge in [0.2, 0.25) is 0 Å². The maximum Gasteiger partial charge on any atom is 0.175 e. The molecule has 0 saturated carbocycles. The van der Waals surface area contributed by atoms with Crippen LogP contribution in [0.1, 0.15) is 74.9 Å². The normalized spacial score (nSPS) is 25.2. The third kappa shape index (κ3) is 7.26. The molecule has 0 unspecified atom stereocenters. The van der Waals surface area contributed by atoms with Gasteiger partial charge in [0.15, 0.2) is 25.1 Å². The van der Waals surface area contributed by atoms with Crippen molar-refractivity contribution in [1.82, 2.24) is 0 Å². The van der Waals surface area contributed by atoms with E-state index >= 15 is 0 Å². The van der Waals surface area contributed by atoms with E-state index in [-0.39, 0.29) is 16.2 Å². The van der Waals surface area contributed by atoms with Gasteiger partial charge < -0.3 is 27.1 Å². The highest BCUT2D eigenvalue weighted by molar-refractivity contribution is 7.47. The summed E-state index contributed by atoms with van der Waals surface area (Å²) in [5.41, 5.74) is 8.23. The Morgan fingerprint density at radius 1 is 0.444 bits per heavy atom. The van der Waals surface area contributed by atoms with Crippen LogP contribution in [0.5, 0.6) is 0 Å². The van der Waals surface area contributed by atoms with Crippen molar-refractivity contribution < 1.29 is 27.1 Å². The van der Waals surface area contributed by atoms with E-state index in [9.17, 15) is 0 Å². The predicted molar refractivity (Wildman–Crippen MR) is 150 cm³/mol. The van der Waals surface area contributed by atoms with Gasteiger partial charge in [0.1, 0.15) is 0 Å². The zero-order valence-electron chi connectivity index (χ0n) is 23.7. The Kier molecular flexibility index (Phi) is 9.27. The summed E-state index contributed by atoms with van der Waals surface area (Å²) in [5, 5.41) is 0. The molecule has 204 valence electrons. The monoisotopic (exact) mass is 558 g/mol. The molecule has 0 radical (unpaired) electrons. The van der Waals surface area contributed by atoms with Gasteiger partial charge in [0, 0.05) is 34.7 Å². The molecule has 0 bridgehead atoms. The first-order valence-corrected chi connectivity index (χ1v) is 17.0. The molecule has 0 amide bonds. The van der Waals surface area contributed by atoms with Crippen LogP contribution < -0.4 is 0 Å². The summed E-state index contributed by atoms with van der Waals surface area (Å²) >= 11 is 0. The van der Waals surface area contributed by atoms with Gasteiger partial charge in [0.25, 0.3) is 0 Å². The summed E-state index contributed by atoms with van der Waals surface area (Å²) < 4.78 is 37.3. The molecule has 36 heavy (non-hydrogen) atoms. The molecule has 0 N–H and O–H groups in total. The summed E-state index contributed by atoms with van der Waals surface area (Å²) in [6.07, 6.45) is 2.42. The first-order chi connectivity index (χ1) is 16.8. The van der Waals surface area contributed by atoms with Crippen molar-refractivity contribution in [2.75, 3.05) is 39.6 Å². The molecule has 0 spiro atoms. The molecule has 3 saturated heterocycles. The SMILES string of the molecule is Cc1c(CP2OCC(C)(C)CO2)c(C)c(CP2OCC(C)(C)CO2)c(C)c1CP1OCC(C)(C)CO1. The Morgan fingerprint density at radius 2 is 0.639 bits per heavy atom. The van der Waals surface area contributed by atoms with E-state index in [1.165, 1.54) is 33.4 Å². The first kappa shape index (κ1) is 29.3. The second-order valence-electron chi connectivity index (χ2n) is 12.9. The maximum atomic E-state index is 6.21. The van der Waals surface area contributed by atoms with Crippen LogP contribution in [-0.2, 0) is 45.6 Å². The minimum atomic E-state index is -0.952. The Hall–Kier alpha value is 0.270. The highest BCUT2D eigenvalue weighted by atomic mass is 31.2. The predicted octanol–water partition coefficient (Wildman–Crippen LogP) is 8.27. The van der Waals surface area contributed by atoms with Crippen molar-refractivity contribution >= 4 is 25.1 Å². The van der Waals surface area contributed by atoms with E-state index in [2.05, 4.69) is 62.3 Å². The second kappa shape index (κ2) is 11.4. The Balaban J connectivity index is 1.61. The van der Waals surface area contributed by atoms with Crippen molar-refractivity contribution in [1.29, 1.82) is 0 Å². The van der Waals surface area contributed by atoms with Crippen LogP contribution in [-0.4, -0.2) is 39.6 Å². The number of benzene rings is 1. The molecular formula is C27H45O6P3. The summed E-state index contributed by atoms with van der Waals surface area (Å²) in [6, 6.07) is 0. The molecule has 1 aromatic rings. The van der Waals surface area contributed by atoms with Crippen LogP contribution in [0.25, 0.3) is 0 Å². The lowest BCUT2D eigenvalue weighted by Crippen LogP contribution is -2.29. The van der Waals surface area contributed by atoms with Crippen LogP contribution in [0.3, 0.4) is 0 Å². The minimum Gasteiger partial charge on any atom is -0.333 e. The fourth-order valence-corrected chi connectivity index (χ4v) is 10.4. The van der Waals surface area contributed by atoms with E-state index in [0.717, 1.165) is 58.1 Å². The molecule has 3 heterocycles. The van der Waals surface area contributed by atoms with Gasteiger partial charge in [0.05, 0.1) is 39.6 Å². The quantitative estimate of drug-likeness (QED) is 0.328. The van der Waals surface area contributed by atoms with E-state index in [4.69, 9.17) is 27.1 Å². The number of hydrogen-bond acceptors (Lipinski definition) is 6. The molecule has 0 atom stereocenters. The molecule has 6 nitrogen and oxygen atoms in total. The Bertz CT molecular complexity index is 778. The maximum absolute atomic E-state index is 6.21. The number of rotatable bonds is 6. The average molecular weight is 559 g/mol. The van der Waals surface area contributed by atoms with Gasteiger partial charge >= 0.3 is 0 Å². The zero-order valence-corrected chi connectivity index (χ0v) is 26.3. The fraction of sp³-hybridized carbons (Fsp3) is 0.778. The van der Waals surface area contributed by atoms with Gasteiger partial charge in [-0.25, -0.2) is 0 Å². The summed E-state index contributed by atoms with van der Waals surface area (Å²) in [6.45, 7) is 24.4. The molecular weight excluding hydrogens is 513 g/mol. The number of hydrogen-bond donors (Lipinski definition) is 0. The average Bonchev–Trinajstić information content (AvgIpc) is 2.80. The lowest BCUT2D eigenvalue weighted by Gasteiger charge is -2.36. The lowest BCUT2D eigenvalue weighted by atomic mass is 9.90. The highest BCUT2D eigenvalue weighted by Crippen LogP contribution is 2.55. The topological polar surface area (TPSA) is 55.4 Å². The van der Waals surface area contributed by atoms with E-state index in [1.54, 1.807) is 0 Å². The molecule has 9 heteroatoms. The van der Waals surface area contributed by atoms with E-state index < -0.39 is 25.1 Å². The minimum absolute atomic E-state index is 0.0740. The van der Waals surface area contributed by atoms with Crippen LogP contribution in [0.2, 0.25) is 0 Å². The third-order valence-electron chi connectivity index (χ3n) is 7.17.